The third-order valence-electron chi connectivity index (χ3n) is 4.44. The monoisotopic (exact) mass is 259 g/mol. The molecule has 1 saturated carbocycles. The molecule has 1 heterocycles. The summed E-state index contributed by atoms with van der Waals surface area (Å²) in [6.45, 7) is 2.99. The van der Waals surface area contributed by atoms with Gasteiger partial charge >= 0.3 is 0 Å². The minimum absolute atomic E-state index is 0.658. The molecule has 0 amide bonds. The Balaban J connectivity index is 1.92. The van der Waals surface area contributed by atoms with Crippen LogP contribution < -0.4 is 5.32 Å². The smallest absolute Gasteiger partial charge is 0.120 e. The molecule has 1 aliphatic carbocycles. The Kier molecular flexibility index (Phi) is 5.04. The van der Waals surface area contributed by atoms with Crippen LogP contribution >= 0.6 is 0 Å². The van der Waals surface area contributed by atoms with Gasteiger partial charge in [0, 0.05) is 25.3 Å². The summed E-state index contributed by atoms with van der Waals surface area (Å²) in [5, 5.41) is 12.7. The first-order valence-corrected chi connectivity index (χ1v) is 7.51. The highest BCUT2D eigenvalue weighted by Gasteiger charge is 2.13. The molecule has 0 unspecified atom stereocenters. The van der Waals surface area contributed by atoms with E-state index in [1.807, 2.05) is 17.7 Å². The van der Waals surface area contributed by atoms with Gasteiger partial charge in [0.05, 0.1) is 0 Å². The maximum atomic E-state index is 9.05. The third kappa shape index (κ3) is 3.61. The van der Waals surface area contributed by atoms with Crippen LogP contribution in [0.15, 0.2) is 6.07 Å². The highest BCUT2D eigenvalue weighted by molar-refractivity contribution is 5.34. The van der Waals surface area contributed by atoms with Crippen molar-refractivity contribution in [3.8, 4) is 6.07 Å². The molecule has 1 N–H and O–H groups in total. The maximum Gasteiger partial charge on any atom is 0.120 e. The second-order valence-corrected chi connectivity index (χ2v) is 5.73. The number of nitrogens with one attached hydrogen (secondary N) is 1. The van der Waals surface area contributed by atoms with Crippen molar-refractivity contribution in [3.63, 3.8) is 0 Å². The number of rotatable bonds is 3. The van der Waals surface area contributed by atoms with Gasteiger partial charge in [-0.1, -0.05) is 32.1 Å². The Labute approximate surface area is 116 Å². The van der Waals surface area contributed by atoms with Crippen LogP contribution in [0, 0.1) is 18.3 Å². The van der Waals surface area contributed by atoms with Crippen LogP contribution in [0.25, 0.3) is 0 Å². The summed E-state index contributed by atoms with van der Waals surface area (Å²) < 4.78 is 1.98. The van der Waals surface area contributed by atoms with Crippen LogP contribution in [0.3, 0.4) is 0 Å². The summed E-state index contributed by atoms with van der Waals surface area (Å²) in [5.41, 5.74) is 3.22. The van der Waals surface area contributed by atoms with Crippen LogP contribution in [0.5, 0.6) is 0 Å². The first kappa shape index (κ1) is 14.1. The van der Waals surface area contributed by atoms with Gasteiger partial charge in [-0.25, -0.2) is 0 Å². The van der Waals surface area contributed by atoms with Gasteiger partial charge in [0.25, 0.3) is 0 Å². The lowest BCUT2D eigenvalue weighted by molar-refractivity contribution is 0.388. The van der Waals surface area contributed by atoms with Crippen molar-refractivity contribution in [2.75, 3.05) is 0 Å². The lowest BCUT2D eigenvalue weighted by atomic mass is 9.96. The second-order valence-electron chi connectivity index (χ2n) is 5.73. The van der Waals surface area contributed by atoms with Crippen LogP contribution in [0.4, 0.5) is 0 Å². The van der Waals surface area contributed by atoms with Crippen molar-refractivity contribution >= 4 is 0 Å². The number of aromatic nitrogens is 1. The van der Waals surface area contributed by atoms with Gasteiger partial charge in [-0.05, 0) is 31.4 Å². The fourth-order valence-corrected chi connectivity index (χ4v) is 2.96. The van der Waals surface area contributed by atoms with E-state index < -0.39 is 0 Å². The lowest BCUT2D eigenvalue weighted by Gasteiger charge is -2.21. The molecule has 19 heavy (non-hydrogen) atoms. The number of hydrogen-bond donors (Lipinski definition) is 1. The first-order valence-electron chi connectivity index (χ1n) is 7.51. The zero-order valence-corrected chi connectivity index (χ0v) is 12.2. The molecule has 2 rings (SSSR count). The largest absolute Gasteiger partial charge is 0.340 e. The lowest BCUT2D eigenvalue weighted by Crippen LogP contribution is -2.29. The van der Waals surface area contributed by atoms with E-state index in [9.17, 15) is 0 Å². The molecule has 0 spiro atoms. The topological polar surface area (TPSA) is 40.8 Å². The van der Waals surface area contributed by atoms with E-state index >= 15 is 0 Å². The summed E-state index contributed by atoms with van der Waals surface area (Å²) in [7, 11) is 1.97. The van der Waals surface area contributed by atoms with Crippen molar-refractivity contribution in [2.45, 2.75) is 64.5 Å². The second kappa shape index (κ2) is 6.77. The molecule has 0 aromatic carbocycles. The van der Waals surface area contributed by atoms with Gasteiger partial charge in [-0.15, -0.1) is 0 Å². The molecule has 3 heteroatoms. The van der Waals surface area contributed by atoms with Crippen molar-refractivity contribution in [3.05, 3.63) is 23.0 Å². The zero-order chi connectivity index (χ0) is 13.7. The van der Waals surface area contributed by atoms with Gasteiger partial charge in [-0.2, -0.15) is 5.26 Å². The van der Waals surface area contributed by atoms with Gasteiger partial charge in [-0.3, -0.25) is 0 Å². The molecule has 0 bridgehead atoms. The van der Waals surface area contributed by atoms with Crippen molar-refractivity contribution < 1.29 is 0 Å². The fourth-order valence-electron chi connectivity index (χ4n) is 2.96. The van der Waals surface area contributed by atoms with E-state index in [1.54, 1.807) is 0 Å². The molecule has 0 atom stereocenters. The summed E-state index contributed by atoms with van der Waals surface area (Å²) in [4.78, 5) is 0. The highest BCUT2D eigenvalue weighted by Crippen LogP contribution is 2.18. The standard InChI is InChI=1S/C16H25N3/c1-13-14(10-16(11-17)19(13)2)12-18-15-8-6-4-3-5-7-9-15/h10,15,18H,3-9,12H2,1-2H3. The summed E-state index contributed by atoms with van der Waals surface area (Å²) in [6.07, 6.45) is 9.51. The molecule has 1 aromatic heterocycles. The minimum Gasteiger partial charge on any atom is -0.340 e. The molecule has 3 nitrogen and oxygen atoms in total. The van der Waals surface area contributed by atoms with Crippen LogP contribution in [-0.2, 0) is 13.6 Å². The van der Waals surface area contributed by atoms with Gasteiger partial charge in [0.15, 0.2) is 0 Å². The molecule has 0 saturated heterocycles. The molecular weight excluding hydrogens is 234 g/mol. The van der Waals surface area contributed by atoms with E-state index in [4.69, 9.17) is 5.26 Å². The van der Waals surface area contributed by atoms with Crippen molar-refractivity contribution in [1.82, 2.24) is 9.88 Å². The Hall–Kier alpha value is -1.27. The van der Waals surface area contributed by atoms with Crippen molar-refractivity contribution in [1.29, 1.82) is 5.26 Å². The molecule has 1 aliphatic rings. The molecule has 104 valence electrons. The molecule has 1 fully saturated rings. The third-order valence-corrected chi connectivity index (χ3v) is 4.44. The Morgan fingerprint density at radius 3 is 2.47 bits per heavy atom. The van der Waals surface area contributed by atoms with Gasteiger partial charge < -0.3 is 9.88 Å². The Bertz CT molecular complexity index is 445. The fraction of sp³-hybridized carbons (Fsp3) is 0.688. The quantitative estimate of drug-likeness (QED) is 0.903. The van der Waals surface area contributed by atoms with Crippen LogP contribution in [-0.4, -0.2) is 10.6 Å². The van der Waals surface area contributed by atoms with Gasteiger partial charge in [0.1, 0.15) is 11.8 Å². The van der Waals surface area contributed by atoms with Crippen molar-refractivity contribution in [2.24, 2.45) is 7.05 Å². The van der Waals surface area contributed by atoms with Crippen LogP contribution in [0.2, 0.25) is 0 Å². The van der Waals surface area contributed by atoms with E-state index in [0.29, 0.717) is 6.04 Å². The van der Waals surface area contributed by atoms with E-state index in [0.717, 1.165) is 12.2 Å². The highest BCUT2D eigenvalue weighted by atomic mass is 15.0. The number of nitrogens with zero attached hydrogens (tertiary/aromatic N) is 2. The molecular formula is C16H25N3. The average Bonchev–Trinajstić information content (AvgIpc) is 2.65. The SMILES string of the molecule is Cc1c(CNC2CCCCCCC2)cc(C#N)n1C. The Morgan fingerprint density at radius 2 is 1.89 bits per heavy atom. The first-order chi connectivity index (χ1) is 9.22. The van der Waals surface area contributed by atoms with Gasteiger partial charge in [0.2, 0.25) is 0 Å². The molecule has 1 aromatic rings. The molecule has 0 radical (unpaired) electrons. The molecule has 0 aliphatic heterocycles. The normalized spacial score (nSPS) is 17.7. The maximum absolute atomic E-state index is 9.05. The van der Waals surface area contributed by atoms with E-state index in [2.05, 4.69) is 18.3 Å². The number of nitriles is 1. The summed E-state index contributed by atoms with van der Waals surface area (Å²) in [6, 6.07) is 4.92. The van der Waals surface area contributed by atoms with E-state index in [1.165, 1.54) is 56.2 Å². The average molecular weight is 259 g/mol. The summed E-state index contributed by atoms with van der Waals surface area (Å²) >= 11 is 0. The summed E-state index contributed by atoms with van der Waals surface area (Å²) in [5.74, 6) is 0. The predicted molar refractivity (Wildman–Crippen MR) is 77.8 cm³/mol. The zero-order valence-electron chi connectivity index (χ0n) is 12.2. The predicted octanol–water partition coefficient (Wildman–Crippen LogP) is 3.41. The van der Waals surface area contributed by atoms with Crippen LogP contribution in [0.1, 0.15) is 61.9 Å². The number of hydrogen-bond acceptors (Lipinski definition) is 2. The van der Waals surface area contributed by atoms with E-state index in [-0.39, 0.29) is 0 Å². The Morgan fingerprint density at radius 1 is 1.26 bits per heavy atom. The minimum atomic E-state index is 0.658.